The van der Waals surface area contributed by atoms with Crippen molar-refractivity contribution < 1.29 is 4.79 Å². The van der Waals surface area contributed by atoms with Crippen molar-refractivity contribution in [3.8, 4) is 0 Å². The third-order valence-electron chi connectivity index (χ3n) is 3.03. The summed E-state index contributed by atoms with van der Waals surface area (Å²) in [5.41, 5.74) is 6.10. The smallest absolute Gasteiger partial charge is 0.186 e. The molecule has 1 saturated carbocycles. The van der Waals surface area contributed by atoms with Crippen molar-refractivity contribution in [2.45, 2.75) is 19.3 Å². The number of H-pyrrole nitrogens is 1. The lowest BCUT2D eigenvalue weighted by atomic mass is 9.65. The van der Waals surface area contributed by atoms with E-state index in [4.69, 9.17) is 5.73 Å². The predicted molar refractivity (Wildman–Crippen MR) is 50.5 cm³/mol. The van der Waals surface area contributed by atoms with Crippen molar-refractivity contribution in [3.05, 3.63) is 24.0 Å². The number of aromatic amines is 1. The van der Waals surface area contributed by atoms with Gasteiger partial charge in [-0.15, -0.1) is 0 Å². The first-order valence-corrected chi connectivity index (χ1v) is 4.67. The average molecular weight is 178 g/mol. The van der Waals surface area contributed by atoms with Gasteiger partial charge in [0.25, 0.3) is 0 Å². The highest BCUT2D eigenvalue weighted by atomic mass is 16.1. The second kappa shape index (κ2) is 3.00. The lowest BCUT2D eigenvalue weighted by Crippen LogP contribution is -2.44. The zero-order valence-corrected chi connectivity index (χ0v) is 7.55. The lowest BCUT2D eigenvalue weighted by Gasteiger charge is -2.38. The van der Waals surface area contributed by atoms with Crippen molar-refractivity contribution in [1.82, 2.24) is 4.98 Å². The van der Waals surface area contributed by atoms with Gasteiger partial charge in [-0.2, -0.15) is 0 Å². The largest absolute Gasteiger partial charge is 0.359 e. The van der Waals surface area contributed by atoms with Gasteiger partial charge in [0.2, 0.25) is 0 Å². The Kier molecular flexibility index (Phi) is 1.96. The molecule has 2 rings (SSSR count). The normalized spacial score (nSPS) is 19.5. The number of Topliss-reactive ketones (excluding diaryl/α,β-unsaturated/α-hetero) is 1. The second-order valence-corrected chi connectivity index (χ2v) is 3.75. The Morgan fingerprint density at radius 2 is 2.38 bits per heavy atom. The number of nitrogens with two attached hydrogens (primary N) is 1. The molecule has 0 unspecified atom stereocenters. The maximum Gasteiger partial charge on any atom is 0.186 e. The van der Waals surface area contributed by atoms with E-state index >= 15 is 0 Å². The van der Waals surface area contributed by atoms with E-state index in [9.17, 15) is 4.79 Å². The summed E-state index contributed by atoms with van der Waals surface area (Å²) in [7, 11) is 0. The molecule has 0 radical (unpaired) electrons. The summed E-state index contributed by atoms with van der Waals surface area (Å²) < 4.78 is 0. The van der Waals surface area contributed by atoms with E-state index in [1.54, 1.807) is 6.20 Å². The van der Waals surface area contributed by atoms with Gasteiger partial charge in [0.1, 0.15) is 0 Å². The molecule has 0 aromatic carbocycles. The molecule has 1 aliphatic carbocycles. The molecular weight excluding hydrogens is 164 g/mol. The van der Waals surface area contributed by atoms with Crippen molar-refractivity contribution >= 4 is 5.78 Å². The number of hydrogen-bond acceptors (Lipinski definition) is 2. The van der Waals surface area contributed by atoms with Gasteiger partial charge in [-0.1, -0.05) is 6.42 Å². The lowest BCUT2D eigenvalue weighted by molar-refractivity contribution is 0.0631. The van der Waals surface area contributed by atoms with E-state index in [1.807, 2.05) is 12.1 Å². The van der Waals surface area contributed by atoms with E-state index in [1.165, 1.54) is 0 Å². The Hall–Kier alpha value is -1.09. The molecule has 1 fully saturated rings. The highest BCUT2D eigenvalue weighted by molar-refractivity contribution is 5.99. The maximum atomic E-state index is 11.9. The molecule has 3 N–H and O–H groups in total. The fraction of sp³-hybridized carbons (Fsp3) is 0.500. The van der Waals surface area contributed by atoms with E-state index in [0.29, 0.717) is 12.2 Å². The summed E-state index contributed by atoms with van der Waals surface area (Å²) in [4.78, 5) is 14.9. The van der Waals surface area contributed by atoms with E-state index in [-0.39, 0.29) is 11.2 Å². The van der Waals surface area contributed by atoms with E-state index in [0.717, 1.165) is 19.3 Å². The topological polar surface area (TPSA) is 58.9 Å². The predicted octanol–water partition coefficient (Wildman–Crippen LogP) is 1.33. The van der Waals surface area contributed by atoms with Crippen molar-refractivity contribution in [1.29, 1.82) is 0 Å². The minimum absolute atomic E-state index is 0.186. The Morgan fingerprint density at radius 3 is 2.77 bits per heavy atom. The van der Waals surface area contributed by atoms with Crippen LogP contribution < -0.4 is 5.73 Å². The van der Waals surface area contributed by atoms with E-state index < -0.39 is 0 Å². The summed E-state index contributed by atoms with van der Waals surface area (Å²) in [6.07, 6.45) is 4.79. The number of carbonyl (C=O) groups excluding carboxylic acids is 1. The molecule has 0 spiro atoms. The molecule has 3 nitrogen and oxygen atoms in total. The summed E-state index contributed by atoms with van der Waals surface area (Å²) in [6, 6.07) is 3.66. The summed E-state index contributed by atoms with van der Waals surface area (Å²) in [5, 5.41) is 0. The standard InChI is InChI=1S/C10H14N2O/c11-7-10(4-2-5-10)9(13)8-3-1-6-12-8/h1,3,6,12H,2,4-5,7,11H2. The van der Waals surface area contributed by atoms with Gasteiger partial charge < -0.3 is 10.7 Å². The number of nitrogens with one attached hydrogen (secondary N) is 1. The molecule has 0 bridgehead atoms. The van der Waals surface area contributed by atoms with Crippen LogP contribution in [0.1, 0.15) is 29.8 Å². The van der Waals surface area contributed by atoms with Gasteiger partial charge in [-0.25, -0.2) is 0 Å². The van der Waals surface area contributed by atoms with Crippen molar-refractivity contribution in [3.63, 3.8) is 0 Å². The molecule has 0 saturated heterocycles. The van der Waals surface area contributed by atoms with Crippen LogP contribution in [-0.2, 0) is 0 Å². The van der Waals surface area contributed by atoms with Gasteiger partial charge in [0.05, 0.1) is 5.69 Å². The fourth-order valence-corrected chi connectivity index (χ4v) is 1.88. The Balaban J connectivity index is 2.21. The molecule has 1 aromatic rings. The zero-order valence-electron chi connectivity index (χ0n) is 7.55. The zero-order chi connectivity index (χ0) is 9.31. The number of hydrogen-bond donors (Lipinski definition) is 2. The van der Waals surface area contributed by atoms with Crippen LogP contribution in [0.5, 0.6) is 0 Å². The Bertz CT molecular complexity index is 293. The molecule has 0 aliphatic heterocycles. The minimum atomic E-state index is -0.245. The van der Waals surface area contributed by atoms with Gasteiger partial charge in [-0.3, -0.25) is 4.79 Å². The molecule has 0 amide bonds. The van der Waals surface area contributed by atoms with Crippen molar-refractivity contribution in [2.75, 3.05) is 6.54 Å². The summed E-state index contributed by atoms with van der Waals surface area (Å²) in [5.74, 6) is 0.186. The first-order chi connectivity index (χ1) is 6.28. The Labute approximate surface area is 77.3 Å². The van der Waals surface area contributed by atoms with Gasteiger partial charge in [-0.05, 0) is 25.0 Å². The SMILES string of the molecule is NCC1(C(=O)c2ccc[nH]2)CCC1. The first kappa shape index (κ1) is 8.51. The van der Waals surface area contributed by atoms with Crippen LogP contribution in [0.25, 0.3) is 0 Å². The third-order valence-corrected chi connectivity index (χ3v) is 3.03. The number of aromatic nitrogens is 1. The average Bonchev–Trinajstić information content (AvgIpc) is 2.54. The Morgan fingerprint density at radius 1 is 1.62 bits per heavy atom. The molecule has 0 atom stereocenters. The molecular formula is C10H14N2O. The number of rotatable bonds is 3. The van der Waals surface area contributed by atoms with Crippen LogP contribution in [0.15, 0.2) is 18.3 Å². The number of ketones is 1. The van der Waals surface area contributed by atoms with Gasteiger partial charge >= 0.3 is 0 Å². The molecule has 1 aromatic heterocycles. The van der Waals surface area contributed by atoms with Crippen molar-refractivity contribution in [2.24, 2.45) is 11.1 Å². The van der Waals surface area contributed by atoms with E-state index in [2.05, 4.69) is 4.98 Å². The molecule has 13 heavy (non-hydrogen) atoms. The summed E-state index contributed by atoms with van der Waals surface area (Å²) in [6.45, 7) is 0.477. The quantitative estimate of drug-likeness (QED) is 0.686. The first-order valence-electron chi connectivity index (χ1n) is 4.67. The molecule has 3 heteroatoms. The molecule has 1 aliphatic rings. The molecule has 70 valence electrons. The fourth-order valence-electron chi connectivity index (χ4n) is 1.88. The minimum Gasteiger partial charge on any atom is -0.359 e. The van der Waals surface area contributed by atoms with Crippen LogP contribution in [0, 0.1) is 5.41 Å². The highest BCUT2D eigenvalue weighted by Crippen LogP contribution is 2.42. The van der Waals surface area contributed by atoms with Gasteiger partial charge in [0, 0.05) is 18.2 Å². The summed E-state index contributed by atoms with van der Waals surface area (Å²) >= 11 is 0. The van der Waals surface area contributed by atoms with Crippen LogP contribution in [0.4, 0.5) is 0 Å². The maximum absolute atomic E-state index is 11.9. The van der Waals surface area contributed by atoms with Crippen LogP contribution in [0.2, 0.25) is 0 Å². The number of carbonyl (C=O) groups is 1. The van der Waals surface area contributed by atoms with Crippen LogP contribution in [-0.4, -0.2) is 17.3 Å². The second-order valence-electron chi connectivity index (χ2n) is 3.75. The van der Waals surface area contributed by atoms with Gasteiger partial charge in [0.15, 0.2) is 5.78 Å². The highest BCUT2D eigenvalue weighted by Gasteiger charge is 2.43. The monoisotopic (exact) mass is 178 g/mol. The molecule has 1 heterocycles. The van der Waals surface area contributed by atoms with Crippen LogP contribution in [0.3, 0.4) is 0 Å². The van der Waals surface area contributed by atoms with Crippen LogP contribution >= 0.6 is 0 Å². The third kappa shape index (κ3) is 1.20.